The molecule has 1 N–H and O–H groups in total. The molecule has 0 radical (unpaired) electrons. The number of methoxy groups -OCH3 is 1. The average Bonchev–Trinajstić information content (AvgIpc) is 2.25. The normalized spacial score (nSPS) is 11.6. The molecule has 1 rings (SSSR count). The molecule has 0 atom stereocenters. The maximum absolute atomic E-state index is 11.7. The maximum Gasteiger partial charge on any atom is 0.263 e. The fourth-order valence-corrected chi connectivity index (χ4v) is 2.79. The molecule has 0 saturated carbocycles. The van der Waals surface area contributed by atoms with Gasteiger partial charge in [0.05, 0.1) is 18.1 Å². The summed E-state index contributed by atoms with van der Waals surface area (Å²) in [5.41, 5.74) is 0. The highest BCUT2D eigenvalue weighted by Gasteiger charge is 2.16. The molecule has 16 heavy (non-hydrogen) atoms. The molecular formula is C9H12BrNO4S. The van der Waals surface area contributed by atoms with Crippen LogP contribution >= 0.6 is 15.9 Å². The highest BCUT2D eigenvalue weighted by atomic mass is 79.9. The van der Waals surface area contributed by atoms with Gasteiger partial charge < -0.3 is 4.74 Å². The van der Waals surface area contributed by atoms with Gasteiger partial charge in [0.15, 0.2) is 0 Å². The summed E-state index contributed by atoms with van der Waals surface area (Å²) >= 11 is 3.16. The Morgan fingerprint density at radius 2 is 2.00 bits per heavy atom. The zero-order valence-corrected chi connectivity index (χ0v) is 11.0. The van der Waals surface area contributed by atoms with Crippen molar-refractivity contribution < 1.29 is 18.0 Å². The lowest BCUT2D eigenvalue weighted by Crippen LogP contribution is -2.26. The molecule has 0 aromatic heterocycles. The van der Waals surface area contributed by atoms with Crippen LogP contribution in [0.2, 0.25) is 0 Å². The number of hydrogen-bond acceptors (Lipinski definition) is 4. The van der Waals surface area contributed by atoms with Crippen LogP contribution < -0.4 is 4.89 Å². The van der Waals surface area contributed by atoms with Gasteiger partial charge in [0.25, 0.3) is 10.0 Å². The Hall–Kier alpha value is -0.470. The van der Waals surface area contributed by atoms with Gasteiger partial charge in [0.2, 0.25) is 0 Å². The van der Waals surface area contributed by atoms with E-state index in [1.807, 2.05) is 4.89 Å². The third kappa shape index (κ3) is 3.84. The topological polar surface area (TPSA) is 64.6 Å². The monoisotopic (exact) mass is 309 g/mol. The number of hydrogen-bond donors (Lipinski definition) is 1. The van der Waals surface area contributed by atoms with Gasteiger partial charge in [-0.3, -0.25) is 4.84 Å². The van der Waals surface area contributed by atoms with E-state index in [4.69, 9.17) is 9.57 Å². The quantitative estimate of drug-likeness (QED) is 0.635. The predicted molar refractivity (Wildman–Crippen MR) is 62.3 cm³/mol. The van der Waals surface area contributed by atoms with Crippen molar-refractivity contribution in [1.82, 2.24) is 4.89 Å². The van der Waals surface area contributed by atoms with Gasteiger partial charge in [-0.15, -0.1) is 0 Å². The van der Waals surface area contributed by atoms with Gasteiger partial charge in [-0.1, -0.05) is 17.0 Å². The van der Waals surface area contributed by atoms with E-state index in [0.717, 1.165) is 0 Å². The highest BCUT2D eigenvalue weighted by molar-refractivity contribution is 9.10. The number of sulfonamides is 1. The standard InChI is InChI=1S/C9H12BrNO4S/c1-14-6-7-15-11-16(12,13)9-5-3-2-4-8(9)10/h2-5,11H,6-7H2,1H3. The average molecular weight is 310 g/mol. The first-order valence-electron chi connectivity index (χ1n) is 4.45. The molecule has 0 unspecified atom stereocenters. The van der Waals surface area contributed by atoms with Crippen LogP contribution in [0.15, 0.2) is 33.6 Å². The second-order valence-corrected chi connectivity index (χ2v) is 5.33. The summed E-state index contributed by atoms with van der Waals surface area (Å²) < 4.78 is 28.6. The van der Waals surface area contributed by atoms with Crippen molar-refractivity contribution in [3.63, 3.8) is 0 Å². The first-order valence-corrected chi connectivity index (χ1v) is 6.72. The third-order valence-corrected chi connectivity index (χ3v) is 3.91. The first-order chi connectivity index (χ1) is 7.58. The fourth-order valence-electron chi connectivity index (χ4n) is 0.952. The minimum atomic E-state index is -3.65. The largest absolute Gasteiger partial charge is 0.382 e. The first kappa shape index (κ1) is 13.6. The molecule has 90 valence electrons. The number of benzene rings is 1. The Morgan fingerprint density at radius 3 is 2.62 bits per heavy atom. The molecule has 1 aromatic rings. The molecule has 0 aliphatic heterocycles. The lowest BCUT2D eigenvalue weighted by Gasteiger charge is -2.07. The minimum Gasteiger partial charge on any atom is -0.382 e. The van der Waals surface area contributed by atoms with Crippen molar-refractivity contribution in [3.8, 4) is 0 Å². The van der Waals surface area contributed by atoms with Crippen LogP contribution in [0.4, 0.5) is 0 Å². The van der Waals surface area contributed by atoms with Gasteiger partial charge in [-0.25, -0.2) is 8.42 Å². The molecule has 0 aliphatic carbocycles. The molecule has 5 nitrogen and oxygen atoms in total. The predicted octanol–water partition coefficient (Wildman–Crippen LogP) is 1.31. The summed E-state index contributed by atoms with van der Waals surface area (Å²) in [4.78, 5) is 6.91. The Bertz CT molecular complexity index is 435. The van der Waals surface area contributed by atoms with Crippen LogP contribution in [-0.4, -0.2) is 28.7 Å². The van der Waals surface area contributed by atoms with E-state index in [1.54, 1.807) is 18.2 Å². The molecule has 0 amide bonds. The minimum absolute atomic E-state index is 0.132. The van der Waals surface area contributed by atoms with E-state index in [0.29, 0.717) is 11.1 Å². The number of nitrogens with one attached hydrogen (secondary N) is 1. The van der Waals surface area contributed by atoms with Crippen LogP contribution in [0.5, 0.6) is 0 Å². The van der Waals surface area contributed by atoms with E-state index < -0.39 is 10.0 Å². The third-order valence-electron chi connectivity index (χ3n) is 1.68. The second kappa shape index (κ2) is 6.31. The molecule has 0 heterocycles. The lowest BCUT2D eigenvalue weighted by molar-refractivity contribution is 0.0438. The molecule has 0 aliphatic rings. The van der Waals surface area contributed by atoms with E-state index in [2.05, 4.69) is 15.9 Å². The van der Waals surface area contributed by atoms with Crippen molar-refractivity contribution in [2.24, 2.45) is 0 Å². The van der Waals surface area contributed by atoms with E-state index in [9.17, 15) is 8.42 Å². The number of ether oxygens (including phenoxy) is 1. The van der Waals surface area contributed by atoms with Crippen LogP contribution in [0.3, 0.4) is 0 Å². The summed E-state index contributed by atoms with van der Waals surface area (Å²) in [5, 5.41) is 0. The zero-order chi connectivity index (χ0) is 12.0. The SMILES string of the molecule is COCCONS(=O)(=O)c1ccccc1Br. The molecule has 0 saturated heterocycles. The Morgan fingerprint density at radius 1 is 1.31 bits per heavy atom. The van der Waals surface area contributed by atoms with Gasteiger partial charge in [0.1, 0.15) is 0 Å². The van der Waals surface area contributed by atoms with Crippen LogP contribution in [0.25, 0.3) is 0 Å². The van der Waals surface area contributed by atoms with E-state index in [-0.39, 0.29) is 11.5 Å². The van der Waals surface area contributed by atoms with Gasteiger partial charge >= 0.3 is 0 Å². The van der Waals surface area contributed by atoms with Crippen molar-refractivity contribution in [2.45, 2.75) is 4.90 Å². The smallest absolute Gasteiger partial charge is 0.263 e. The van der Waals surface area contributed by atoms with Gasteiger partial charge in [-0.05, 0) is 28.1 Å². The molecule has 0 fully saturated rings. The molecule has 1 aromatic carbocycles. The van der Waals surface area contributed by atoms with Crippen molar-refractivity contribution >= 4 is 26.0 Å². The van der Waals surface area contributed by atoms with Crippen molar-refractivity contribution in [3.05, 3.63) is 28.7 Å². The summed E-state index contributed by atoms with van der Waals surface area (Å²) in [7, 11) is -2.14. The van der Waals surface area contributed by atoms with Crippen LogP contribution in [-0.2, 0) is 19.6 Å². The molecule has 0 spiro atoms. The Labute approximate surface area is 103 Å². The Kier molecular flexibility index (Phi) is 5.36. The summed E-state index contributed by atoms with van der Waals surface area (Å²) in [6.45, 7) is 0.471. The zero-order valence-electron chi connectivity index (χ0n) is 8.64. The lowest BCUT2D eigenvalue weighted by atomic mass is 10.4. The van der Waals surface area contributed by atoms with Gasteiger partial charge in [-0.2, -0.15) is 0 Å². The molecular weight excluding hydrogens is 298 g/mol. The van der Waals surface area contributed by atoms with E-state index in [1.165, 1.54) is 13.2 Å². The molecule has 0 bridgehead atoms. The van der Waals surface area contributed by atoms with Crippen LogP contribution in [0, 0.1) is 0 Å². The summed E-state index contributed by atoms with van der Waals surface area (Å²) in [5.74, 6) is 0. The molecule has 7 heteroatoms. The van der Waals surface area contributed by atoms with Crippen molar-refractivity contribution in [2.75, 3.05) is 20.3 Å². The van der Waals surface area contributed by atoms with Crippen molar-refractivity contribution in [1.29, 1.82) is 0 Å². The summed E-state index contributed by atoms with van der Waals surface area (Å²) in [6.07, 6.45) is 0. The van der Waals surface area contributed by atoms with Gasteiger partial charge in [0, 0.05) is 11.6 Å². The number of halogens is 1. The van der Waals surface area contributed by atoms with E-state index >= 15 is 0 Å². The maximum atomic E-state index is 11.7. The number of rotatable bonds is 6. The fraction of sp³-hybridized carbons (Fsp3) is 0.333. The summed E-state index contributed by atoms with van der Waals surface area (Å²) in [6, 6.07) is 6.49. The highest BCUT2D eigenvalue weighted by Crippen LogP contribution is 2.20. The second-order valence-electron chi connectivity index (χ2n) is 2.86. The van der Waals surface area contributed by atoms with Crippen LogP contribution in [0.1, 0.15) is 0 Å². The Balaban J connectivity index is 2.68.